The van der Waals surface area contributed by atoms with Crippen LogP contribution in [-0.2, 0) is 11.3 Å². The van der Waals surface area contributed by atoms with E-state index >= 15 is 0 Å². The number of benzene rings is 1. The first-order chi connectivity index (χ1) is 11.0. The smallest absolute Gasteiger partial charge is 0.237 e. The lowest BCUT2D eigenvalue weighted by molar-refractivity contribution is -0.126. The molecule has 1 aliphatic heterocycles. The molecule has 0 radical (unpaired) electrons. The highest BCUT2D eigenvalue weighted by molar-refractivity contribution is 6.42. The largest absolute Gasteiger partial charge is 0.351 e. The Bertz CT molecular complexity index is 557. The van der Waals surface area contributed by atoms with E-state index in [-0.39, 0.29) is 11.9 Å². The maximum atomic E-state index is 12.0. The number of hydrogen-bond donors (Lipinski definition) is 1. The number of piperazine rings is 1. The van der Waals surface area contributed by atoms with E-state index in [9.17, 15) is 4.79 Å². The first-order valence-electron chi connectivity index (χ1n) is 7.81. The highest BCUT2D eigenvalue weighted by Gasteiger charge is 2.25. The first-order valence-corrected chi connectivity index (χ1v) is 8.56. The van der Waals surface area contributed by atoms with Gasteiger partial charge in [0.15, 0.2) is 0 Å². The SMILES string of the molecule is C=CCNC(=O)C(C)N1CCN(Cc2cccc(Cl)c2Cl)CC1. The maximum absolute atomic E-state index is 12.0. The van der Waals surface area contributed by atoms with Crippen LogP contribution in [0.25, 0.3) is 0 Å². The third kappa shape index (κ3) is 4.95. The van der Waals surface area contributed by atoms with Gasteiger partial charge in [0.2, 0.25) is 5.91 Å². The van der Waals surface area contributed by atoms with Gasteiger partial charge in [0.25, 0.3) is 0 Å². The first kappa shape index (κ1) is 18.3. The summed E-state index contributed by atoms with van der Waals surface area (Å²) in [7, 11) is 0. The fourth-order valence-electron chi connectivity index (χ4n) is 2.71. The molecule has 0 aromatic heterocycles. The van der Waals surface area contributed by atoms with Crippen LogP contribution >= 0.6 is 23.2 Å². The lowest BCUT2D eigenvalue weighted by Gasteiger charge is -2.37. The summed E-state index contributed by atoms with van der Waals surface area (Å²) in [6.45, 7) is 10.4. The number of hydrogen-bond acceptors (Lipinski definition) is 3. The van der Waals surface area contributed by atoms with E-state index < -0.39 is 0 Å². The van der Waals surface area contributed by atoms with Gasteiger partial charge in [-0.2, -0.15) is 0 Å². The molecular weight excluding hydrogens is 333 g/mol. The molecule has 1 heterocycles. The lowest BCUT2D eigenvalue weighted by Crippen LogP contribution is -2.53. The van der Waals surface area contributed by atoms with Gasteiger partial charge in [-0.1, -0.05) is 41.4 Å². The van der Waals surface area contributed by atoms with Crippen LogP contribution in [0.5, 0.6) is 0 Å². The summed E-state index contributed by atoms with van der Waals surface area (Å²) in [4.78, 5) is 16.5. The molecule has 4 nitrogen and oxygen atoms in total. The van der Waals surface area contributed by atoms with Crippen molar-refractivity contribution in [1.29, 1.82) is 0 Å². The second-order valence-corrected chi connectivity index (χ2v) is 6.52. The molecule has 1 saturated heterocycles. The van der Waals surface area contributed by atoms with Crippen LogP contribution in [0.15, 0.2) is 30.9 Å². The molecule has 0 saturated carbocycles. The molecule has 6 heteroatoms. The summed E-state index contributed by atoms with van der Waals surface area (Å²) in [6.07, 6.45) is 1.69. The number of carbonyl (C=O) groups is 1. The average molecular weight is 356 g/mol. The lowest BCUT2D eigenvalue weighted by atomic mass is 10.1. The standard InChI is InChI=1S/C17H23Cl2N3O/c1-3-7-20-17(23)13(2)22-10-8-21(9-11-22)12-14-5-4-6-15(18)16(14)19/h3-6,13H,1,7-12H2,2H3,(H,20,23). The second-order valence-electron chi connectivity index (χ2n) is 5.73. The summed E-state index contributed by atoms with van der Waals surface area (Å²) in [5, 5.41) is 4.08. The normalized spacial score (nSPS) is 17.7. The quantitative estimate of drug-likeness (QED) is 0.797. The van der Waals surface area contributed by atoms with Gasteiger partial charge in [-0.05, 0) is 18.6 Å². The molecule has 1 N–H and O–H groups in total. The van der Waals surface area contributed by atoms with Crippen molar-refractivity contribution in [2.75, 3.05) is 32.7 Å². The second kappa shape index (κ2) is 8.69. The summed E-state index contributed by atoms with van der Waals surface area (Å²) in [6, 6.07) is 5.61. The van der Waals surface area contributed by atoms with E-state index in [1.165, 1.54) is 0 Å². The number of nitrogens with zero attached hydrogens (tertiary/aromatic N) is 2. The van der Waals surface area contributed by atoms with E-state index in [1.807, 2.05) is 19.1 Å². The summed E-state index contributed by atoms with van der Waals surface area (Å²) in [5.74, 6) is 0.0521. The van der Waals surface area contributed by atoms with Crippen LogP contribution in [-0.4, -0.2) is 54.5 Å². The van der Waals surface area contributed by atoms with Crippen molar-refractivity contribution in [2.45, 2.75) is 19.5 Å². The van der Waals surface area contributed by atoms with Gasteiger partial charge < -0.3 is 5.32 Å². The molecule has 1 fully saturated rings. The van der Waals surface area contributed by atoms with Gasteiger partial charge in [0.05, 0.1) is 16.1 Å². The molecule has 2 rings (SSSR count). The Morgan fingerprint density at radius 2 is 2.04 bits per heavy atom. The molecule has 1 unspecified atom stereocenters. The van der Waals surface area contributed by atoms with Crippen LogP contribution in [0.1, 0.15) is 12.5 Å². The Morgan fingerprint density at radius 3 is 2.70 bits per heavy atom. The Labute approximate surface area is 148 Å². The predicted molar refractivity (Wildman–Crippen MR) is 96.0 cm³/mol. The van der Waals surface area contributed by atoms with Gasteiger partial charge in [0.1, 0.15) is 0 Å². The van der Waals surface area contributed by atoms with E-state index in [1.54, 1.807) is 12.1 Å². The molecule has 1 aromatic rings. The number of carbonyl (C=O) groups excluding carboxylic acids is 1. The molecule has 1 atom stereocenters. The van der Waals surface area contributed by atoms with Crippen LogP contribution in [0.3, 0.4) is 0 Å². The number of rotatable bonds is 6. The zero-order valence-corrected chi connectivity index (χ0v) is 14.9. The highest BCUT2D eigenvalue weighted by atomic mass is 35.5. The predicted octanol–water partition coefficient (Wildman–Crippen LogP) is 2.80. The van der Waals surface area contributed by atoms with Crippen LogP contribution in [0, 0.1) is 0 Å². The van der Waals surface area contributed by atoms with Crippen molar-refractivity contribution in [3.8, 4) is 0 Å². The Morgan fingerprint density at radius 1 is 1.35 bits per heavy atom. The summed E-state index contributed by atoms with van der Waals surface area (Å²) < 4.78 is 0. The van der Waals surface area contributed by atoms with Crippen molar-refractivity contribution in [2.24, 2.45) is 0 Å². The third-order valence-electron chi connectivity index (χ3n) is 4.18. The molecule has 23 heavy (non-hydrogen) atoms. The van der Waals surface area contributed by atoms with E-state index in [2.05, 4.69) is 21.7 Å². The average Bonchev–Trinajstić information content (AvgIpc) is 2.57. The molecule has 0 spiro atoms. The number of amides is 1. The molecular formula is C17H23Cl2N3O. The van der Waals surface area contributed by atoms with E-state index in [4.69, 9.17) is 23.2 Å². The maximum Gasteiger partial charge on any atom is 0.237 e. The minimum atomic E-state index is -0.119. The van der Waals surface area contributed by atoms with Crippen molar-refractivity contribution in [3.63, 3.8) is 0 Å². The van der Waals surface area contributed by atoms with Gasteiger partial charge in [-0.25, -0.2) is 0 Å². The molecule has 1 aromatic carbocycles. The fourth-order valence-corrected chi connectivity index (χ4v) is 3.09. The monoisotopic (exact) mass is 355 g/mol. The number of nitrogens with one attached hydrogen (secondary N) is 1. The van der Waals surface area contributed by atoms with E-state index in [0.717, 1.165) is 38.3 Å². The van der Waals surface area contributed by atoms with Crippen LogP contribution < -0.4 is 5.32 Å². The Hall–Kier alpha value is -1.07. The molecule has 0 aliphatic carbocycles. The third-order valence-corrected chi connectivity index (χ3v) is 5.04. The summed E-state index contributed by atoms with van der Waals surface area (Å²) >= 11 is 12.3. The van der Waals surface area contributed by atoms with Crippen molar-refractivity contribution in [1.82, 2.24) is 15.1 Å². The Kier molecular flexibility index (Phi) is 6.90. The molecule has 1 aliphatic rings. The highest BCUT2D eigenvalue weighted by Crippen LogP contribution is 2.26. The minimum Gasteiger partial charge on any atom is -0.351 e. The minimum absolute atomic E-state index is 0.0521. The van der Waals surface area contributed by atoms with E-state index in [0.29, 0.717) is 16.6 Å². The summed E-state index contributed by atoms with van der Waals surface area (Å²) in [5.41, 5.74) is 1.05. The van der Waals surface area contributed by atoms with Gasteiger partial charge in [-0.3, -0.25) is 14.6 Å². The van der Waals surface area contributed by atoms with Crippen molar-refractivity contribution in [3.05, 3.63) is 46.5 Å². The van der Waals surface area contributed by atoms with Gasteiger partial charge in [-0.15, -0.1) is 6.58 Å². The molecule has 1 amide bonds. The topological polar surface area (TPSA) is 35.6 Å². The van der Waals surface area contributed by atoms with Crippen LogP contribution in [0.4, 0.5) is 0 Å². The van der Waals surface area contributed by atoms with Crippen molar-refractivity contribution >= 4 is 29.1 Å². The molecule has 0 bridgehead atoms. The van der Waals surface area contributed by atoms with Gasteiger partial charge >= 0.3 is 0 Å². The number of halogens is 2. The fraction of sp³-hybridized carbons (Fsp3) is 0.471. The van der Waals surface area contributed by atoms with Crippen molar-refractivity contribution < 1.29 is 4.79 Å². The zero-order chi connectivity index (χ0) is 16.8. The molecule has 126 valence electrons. The van der Waals surface area contributed by atoms with Gasteiger partial charge in [0, 0.05) is 39.3 Å². The zero-order valence-electron chi connectivity index (χ0n) is 13.4. The Balaban J connectivity index is 1.85. The van der Waals surface area contributed by atoms with Crippen LogP contribution in [0.2, 0.25) is 10.0 Å².